The highest BCUT2D eigenvalue weighted by Gasteiger charge is 2.19. The number of allylic oxidation sites excluding steroid dienone is 2. The Bertz CT molecular complexity index is 421. The molecule has 2 aliphatic carbocycles. The van der Waals surface area contributed by atoms with Gasteiger partial charge in [0, 0.05) is 6.04 Å². The van der Waals surface area contributed by atoms with Gasteiger partial charge in [0.15, 0.2) is 0 Å². The lowest BCUT2D eigenvalue weighted by Crippen LogP contribution is -2.37. The summed E-state index contributed by atoms with van der Waals surface area (Å²) >= 11 is 0. The van der Waals surface area contributed by atoms with Crippen molar-refractivity contribution in [1.82, 2.24) is 5.32 Å². The van der Waals surface area contributed by atoms with Gasteiger partial charge in [-0.25, -0.2) is 0 Å². The van der Waals surface area contributed by atoms with Crippen molar-refractivity contribution in [2.75, 3.05) is 6.54 Å². The van der Waals surface area contributed by atoms with Gasteiger partial charge in [-0.1, -0.05) is 36.4 Å². The van der Waals surface area contributed by atoms with Crippen LogP contribution in [-0.2, 0) is 12.8 Å². The number of fused-ring (bicyclic) bond motifs is 1. The molecule has 2 atom stereocenters. The summed E-state index contributed by atoms with van der Waals surface area (Å²) in [5.74, 6) is 0.868. The molecule has 18 heavy (non-hydrogen) atoms. The van der Waals surface area contributed by atoms with E-state index >= 15 is 0 Å². The van der Waals surface area contributed by atoms with Gasteiger partial charge in [-0.3, -0.25) is 0 Å². The van der Waals surface area contributed by atoms with Crippen molar-refractivity contribution in [3.63, 3.8) is 0 Å². The Kier molecular flexibility index (Phi) is 3.80. The third-order valence-corrected chi connectivity index (χ3v) is 4.42. The van der Waals surface area contributed by atoms with Crippen molar-refractivity contribution in [1.29, 1.82) is 0 Å². The van der Waals surface area contributed by atoms with E-state index in [-0.39, 0.29) is 0 Å². The molecule has 2 unspecified atom stereocenters. The third-order valence-electron chi connectivity index (χ3n) is 4.42. The highest BCUT2D eigenvalue weighted by atomic mass is 14.9. The molecule has 0 fully saturated rings. The molecule has 1 nitrogen and oxygen atoms in total. The second-order valence-corrected chi connectivity index (χ2v) is 5.77. The highest BCUT2D eigenvalue weighted by molar-refractivity contribution is 5.30. The van der Waals surface area contributed by atoms with E-state index in [0.717, 1.165) is 5.92 Å². The predicted octanol–water partition coefficient (Wildman–Crippen LogP) is 3.49. The van der Waals surface area contributed by atoms with Crippen molar-refractivity contribution in [3.05, 3.63) is 47.5 Å². The molecule has 3 rings (SSSR count). The Morgan fingerprint density at radius 1 is 1.06 bits per heavy atom. The zero-order valence-corrected chi connectivity index (χ0v) is 11.1. The monoisotopic (exact) mass is 241 g/mol. The van der Waals surface area contributed by atoms with Crippen LogP contribution in [0.25, 0.3) is 0 Å². The van der Waals surface area contributed by atoms with E-state index in [1.807, 2.05) is 0 Å². The lowest BCUT2D eigenvalue weighted by Gasteiger charge is -2.28. The molecule has 1 N–H and O–H groups in total. The van der Waals surface area contributed by atoms with E-state index in [0.29, 0.717) is 6.04 Å². The summed E-state index contributed by atoms with van der Waals surface area (Å²) in [6, 6.07) is 9.63. The van der Waals surface area contributed by atoms with Gasteiger partial charge in [-0.05, 0) is 62.1 Å². The minimum Gasteiger partial charge on any atom is -0.313 e. The standard InChI is InChI=1S/C17H23N/c1-2-6-14(7-3-1)13-18-17-11-10-15-8-4-5-9-16(15)12-17/h1-2,4-5,8-9,14,17-18H,3,6-7,10-13H2. The van der Waals surface area contributed by atoms with Crippen LogP contribution in [0.1, 0.15) is 36.8 Å². The molecule has 0 amide bonds. The minimum absolute atomic E-state index is 0.700. The molecule has 0 saturated carbocycles. The fourth-order valence-corrected chi connectivity index (χ4v) is 3.25. The van der Waals surface area contributed by atoms with Crippen molar-refractivity contribution >= 4 is 0 Å². The second kappa shape index (κ2) is 5.71. The molecule has 0 aliphatic heterocycles. The molecule has 0 saturated heterocycles. The van der Waals surface area contributed by atoms with Gasteiger partial charge in [0.1, 0.15) is 0 Å². The molecule has 0 spiro atoms. The third kappa shape index (κ3) is 2.84. The topological polar surface area (TPSA) is 12.0 Å². The lowest BCUT2D eigenvalue weighted by atomic mass is 9.87. The van der Waals surface area contributed by atoms with Crippen molar-refractivity contribution < 1.29 is 0 Å². The SMILES string of the molecule is C1=CCC(CNC2CCc3ccccc3C2)CC1. The van der Waals surface area contributed by atoms with Crippen LogP contribution in [0, 0.1) is 5.92 Å². The quantitative estimate of drug-likeness (QED) is 0.799. The van der Waals surface area contributed by atoms with E-state index in [2.05, 4.69) is 41.7 Å². The van der Waals surface area contributed by atoms with Gasteiger partial charge in [0.2, 0.25) is 0 Å². The fraction of sp³-hybridized carbons (Fsp3) is 0.529. The predicted molar refractivity (Wildman–Crippen MR) is 76.7 cm³/mol. The molecule has 0 radical (unpaired) electrons. The number of nitrogens with one attached hydrogen (secondary N) is 1. The van der Waals surface area contributed by atoms with Crippen LogP contribution < -0.4 is 5.32 Å². The van der Waals surface area contributed by atoms with Gasteiger partial charge >= 0.3 is 0 Å². The molecule has 0 aromatic heterocycles. The van der Waals surface area contributed by atoms with Crippen LogP contribution in [0.4, 0.5) is 0 Å². The molecule has 96 valence electrons. The average Bonchev–Trinajstić information content (AvgIpc) is 2.46. The minimum atomic E-state index is 0.700. The van der Waals surface area contributed by atoms with Crippen molar-refractivity contribution in [3.8, 4) is 0 Å². The average molecular weight is 241 g/mol. The zero-order valence-electron chi connectivity index (χ0n) is 11.1. The van der Waals surface area contributed by atoms with Crippen LogP contribution in [-0.4, -0.2) is 12.6 Å². The van der Waals surface area contributed by atoms with E-state index in [4.69, 9.17) is 0 Å². The van der Waals surface area contributed by atoms with Crippen LogP contribution in [0.15, 0.2) is 36.4 Å². The molecule has 1 heteroatoms. The van der Waals surface area contributed by atoms with Gasteiger partial charge in [0.05, 0.1) is 0 Å². The molecular weight excluding hydrogens is 218 g/mol. The van der Waals surface area contributed by atoms with Crippen LogP contribution in [0.3, 0.4) is 0 Å². The maximum absolute atomic E-state index is 3.80. The summed E-state index contributed by atoms with van der Waals surface area (Å²) in [7, 11) is 0. The Labute approximate surface area is 110 Å². The van der Waals surface area contributed by atoms with Crippen molar-refractivity contribution in [2.45, 2.75) is 44.6 Å². The summed E-state index contributed by atoms with van der Waals surface area (Å²) < 4.78 is 0. The summed E-state index contributed by atoms with van der Waals surface area (Å²) in [6.07, 6.45) is 12.4. The first kappa shape index (κ1) is 12.0. The summed E-state index contributed by atoms with van der Waals surface area (Å²) in [5.41, 5.74) is 3.13. The van der Waals surface area contributed by atoms with Crippen molar-refractivity contribution in [2.24, 2.45) is 5.92 Å². The normalized spacial score (nSPS) is 26.9. The van der Waals surface area contributed by atoms with Gasteiger partial charge in [-0.2, -0.15) is 0 Å². The Morgan fingerprint density at radius 2 is 1.94 bits per heavy atom. The van der Waals surface area contributed by atoms with E-state index in [9.17, 15) is 0 Å². The Morgan fingerprint density at radius 3 is 2.78 bits per heavy atom. The maximum atomic E-state index is 3.80. The second-order valence-electron chi connectivity index (χ2n) is 5.77. The van der Waals surface area contributed by atoms with Crippen LogP contribution >= 0.6 is 0 Å². The number of aryl methyl sites for hydroxylation is 1. The van der Waals surface area contributed by atoms with Gasteiger partial charge in [-0.15, -0.1) is 0 Å². The first-order valence-corrected chi connectivity index (χ1v) is 7.37. The van der Waals surface area contributed by atoms with E-state index in [1.54, 1.807) is 11.1 Å². The Hall–Kier alpha value is -1.08. The summed E-state index contributed by atoms with van der Waals surface area (Å²) in [4.78, 5) is 0. The smallest absolute Gasteiger partial charge is 0.0111 e. The number of rotatable bonds is 3. The van der Waals surface area contributed by atoms with Gasteiger partial charge in [0.25, 0.3) is 0 Å². The number of hydrogen-bond donors (Lipinski definition) is 1. The lowest BCUT2D eigenvalue weighted by molar-refractivity contribution is 0.381. The number of hydrogen-bond acceptors (Lipinski definition) is 1. The molecule has 1 aromatic carbocycles. The molecule has 1 aromatic rings. The molecule has 0 heterocycles. The van der Waals surface area contributed by atoms with Gasteiger partial charge < -0.3 is 5.32 Å². The largest absolute Gasteiger partial charge is 0.313 e. The maximum Gasteiger partial charge on any atom is 0.0111 e. The first-order valence-electron chi connectivity index (χ1n) is 7.37. The van der Waals surface area contributed by atoms with E-state index in [1.165, 1.54) is 45.1 Å². The Balaban J connectivity index is 1.52. The fourth-order valence-electron chi connectivity index (χ4n) is 3.25. The summed E-state index contributed by atoms with van der Waals surface area (Å²) in [6.45, 7) is 1.21. The van der Waals surface area contributed by atoms with Crippen LogP contribution in [0.5, 0.6) is 0 Å². The molecule has 2 aliphatic rings. The first-order chi connectivity index (χ1) is 8.92. The summed E-state index contributed by atoms with van der Waals surface area (Å²) in [5, 5.41) is 3.80. The number of benzene rings is 1. The zero-order chi connectivity index (χ0) is 12.2. The van der Waals surface area contributed by atoms with E-state index < -0.39 is 0 Å². The highest BCUT2D eigenvalue weighted by Crippen LogP contribution is 2.22. The molecular formula is C17H23N. The van der Waals surface area contributed by atoms with Crippen LogP contribution in [0.2, 0.25) is 0 Å². The molecule has 0 bridgehead atoms.